The Morgan fingerprint density at radius 2 is 1.74 bits per heavy atom. The molecule has 2 aromatic carbocycles. The van der Waals surface area contributed by atoms with E-state index in [4.69, 9.17) is 11.6 Å². The predicted molar refractivity (Wildman–Crippen MR) is 78.5 cm³/mol. The zero-order valence-corrected chi connectivity index (χ0v) is 12.8. The summed E-state index contributed by atoms with van der Waals surface area (Å²) in [4.78, 5) is 12.4. The number of halogens is 3. The van der Waals surface area contributed by atoms with Gasteiger partial charge in [0, 0.05) is 15.6 Å². The molecule has 0 atom stereocenters. The topological polar surface area (TPSA) is 17.1 Å². The summed E-state index contributed by atoms with van der Waals surface area (Å²) in [5, 5.41) is 0.254. The first-order valence-electron chi connectivity index (χ1n) is 5.66. The second-order valence-electron chi connectivity index (χ2n) is 4.38. The number of aryl methyl sites for hydroxylation is 2. The van der Waals surface area contributed by atoms with Crippen molar-refractivity contribution in [2.24, 2.45) is 0 Å². The average Bonchev–Trinajstić information content (AvgIpc) is 2.37. The van der Waals surface area contributed by atoms with Crippen LogP contribution in [0.3, 0.4) is 0 Å². The van der Waals surface area contributed by atoms with Crippen molar-refractivity contribution in [3.8, 4) is 0 Å². The van der Waals surface area contributed by atoms with E-state index in [0.717, 1.165) is 21.7 Å². The van der Waals surface area contributed by atoms with Crippen molar-refractivity contribution in [3.63, 3.8) is 0 Å². The summed E-state index contributed by atoms with van der Waals surface area (Å²) in [6.07, 6.45) is 0. The molecule has 0 aliphatic heterocycles. The van der Waals surface area contributed by atoms with Crippen LogP contribution in [0, 0.1) is 19.7 Å². The van der Waals surface area contributed by atoms with Gasteiger partial charge < -0.3 is 0 Å². The second-order valence-corrected chi connectivity index (χ2v) is 5.58. The minimum absolute atomic E-state index is 0.183. The first kappa shape index (κ1) is 14.2. The monoisotopic (exact) mass is 340 g/mol. The Labute approximate surface area is 124 Å². The van der Waals surface area contributed by atoms with Crippen LogP contribution in [0.2, 0.25) is 5.02 Å². The highest BCUT2D eigenvalue weighted by molar-refractivity contribution is 9.10. The fraction of sp³-hybridized carbons (Fsp3) is 0.133. The van der Waals surface area contributed by atoms with Crippen molar-refractivity contribution < 1.29 is 9.18 Å². The first-order chi connectivity index (χ1) is 8.90. The third-order valence-electron chi connectivity index (χ3n) is 2.87. The molecule has 98 valence electrons. The normalized spacial score (nSPS) is 10.6. The standard InChI is InChI=1S/C15H11BrClFO/c1-8-5-10(6-9(2)14(8)16)15(19)12-7-11(18)3-4-13(12)17/h3-7H,1-2H3. The Hall–Kier alpha value is -1.19. The van der Waals surface area contributed by atoms with Gasteiger partial charge in [-0.3, -0.25) is 4.79 Å². The van der Waals surface area contributed by atoms with Crippen LogP contribution in [0.15, 0.2) is 34.8 Å². The molecule has 0 bridgehead atoms. The van der Waals surface area contributed by atoms with Gasteiger partial charge in [-0.1, -0.05) is 27.5 Å². The van der Waals surface area contributed by atoms with E-state index >= 15 is 0 Å². The van der Waals surface area contributed by atoms with Gasteiger partial charge in [0.2, 0.25) is 0 Å². The van der Waals surface area contributed by atoms with E-state index in [1.807, 2.05) is 13.8 Å². The van der Waals surface area contributed by atoms with Crippen molar-refractivity contribution in [3.05, 3.63) is 67.9 Å². The largest absolute Gasteiger partial charge is 0.289 e. The lowest BCUT2D eigenvalue weighted by Crippen LogP contribution is -2.04. The molecule has 0 aromatic heterocycles. The Kier molecular flexibility index (Phi) is 4.07. The number of hydrogen-bond acceptors (Lipinski definition) is 1. The molecule has 2 aromatic rings. The SMILES string of the molecule is Cc1cc(C(=O)c2cc(F)ccc2Cl)cc(C)c1Br. The van der Waals surface area contributed by atoms with Crippen LogP contribution in [0.5, 0.6) is 0 Å². The molecule has 0 radical (unpaired) electrons. The maximum atomic E-state index is 13.2. The molecule has 0 unspecified atom stereocenters. The highest BCUT2D eigenvalue weighted by atomic mass is 79.9. The Morgan fingerprint density at radius 3 is 2.32 bits per heavy atom. The lowest BCUT2D eigenvalue weighted by molar-refractivity contribution is 0.103. The van der Waals surface area contributed by atoms with Crippen LogP contribution >= 0.6 is 27.5 Å². The Morgan fingerprint density at radius 1 is 1.16 bits per heavy atom. The molecule has 0 heterocycles. The molecular formula is C15H11BrClFO. The number of benzene rings is 2. The van der Waals surface area contributed by atoms with E-state index < -0.39 is 5.82 Å². The molecule has 0 aliphatic rings. The Bertz CT molecular complexity index is 644. The fourth-order valence-electron chi connectivity index (χ4n) is 1.90. The van der Waals surface area contributed by atoms with Gasteiger partial charge in [0.1, 0.15) is 5.82 Å². The lowest BCUT2D eigenvalue weighted by Gasteiger charge is -2.08. The number of hydrogen-bond donors (Lipinski definition) is 0. The molecule has 19 heavy (non-hydrogen) atoms. The van der Waals surface area contributed by atoms with Gasteiger partial charge in [0.15, 0.2) is 5.78 Å². The Balaban J connectivity index is 2.53. The second kappa shape index (κ2) is 5.43. The molecule has 0 N–H and O–H groups in total. The summed E-state index contributed by atoms with van der Waals surface area (Å²) in [5.41, 5.74) is 2.60. The molecule has 0 fully saturated rings. The molecule has 0 spiro atoms. The van der Waals surface area contributed by atoms with E-state index in [9.17, 15) is 9.18 Å². The van der Waals surface area contributed by atoms with Gasteiger partial charge in [0.25, 0.3) is 0 Å². The van der Waals surface area contributed by atoms with Gasteiger partial charge in [0.05, 0.1) is 5.02 Å². The highest BCUT2D eigenvalue weighted by Gasteiger charge is 2.15. The molecular weight excluding hydrogens is 331 g/mol. The quantitative estimate of drug-likeness (QED) is 0.695. The smallest absolute Gasteiger partial charge is 0.194 e. The van der Waals surface area contributed by atoms with Crippen LogP contribution < -0.4 is 0 Å². The molecule has 0 saturated heterocycles. The van der Waals surface area contributed by atoms with Gasteiger partial charge in [-0.2, -0.15) is 0 Å². The minimum atomic E-state index is -0.474. The number of ketones is 1. The zero-order chi connectivity index (χ0) is 14.2. The first-order valence-corrected chi connectivity index (χ1v) is 6.83. The molecule has 0 saturated carbocycles. The van der Waals surface area contributed by atoms with E-state index in [-0.39, 0.29) is 16.4 Å². The maximum absolute atomic E-state index is 13.2. The predicted octanol–water partition coefficient (Wildman–Crippen LogP) is 5.09. The van der Waals surface area contributed by atoms with Crippen LogP contribution in [0.4, 0.5) is 4.39 Å². The number of carbonyl (C=O) groups excluding carboxylic acids is 1. The maximum Gasteiger partial charge on any atom is 0.194 e. The van der Waals surface area contributed by atoms with E-state index in [1.54, 1.807) is 12.1 Å². The molecule has 1 nitrogen and oxygen atoms in total. The summed E-state index contributed by atoms with van der Waals surface area (Å²) >= 11 is 9.40. The van der Waals surface area contributed by atoms with Crippen LogP contribution in [0.25, 0.3) is 0 Å². The zero-order valence-electron chi connectivity index (χ0n) is 10.4. The van der Waals surface area contributed by atoms with Gasteiger partial charge in [-0.25, -0.2) is 4.39 Å². The van der Waals surface area contributed by atoms with Crippen molar-refractivity contribution in [1.82, 2.24) is 0 Å². The summed E-state index contributed by atoms with van der Waals surface area (Å²) < 4.78 is 14.2. The molecule has 0 amide bonds. The summed E-state index contributed by atoms with van der Waals surface area (Å²) in [7, 11) is 0. The van der Waals surface area contributed by atoms with Gasteiger partial charge in [-0.05, 0) is 55.3 Å². The molecule has 0 aliphatic carbocycles. The summed E-state index contributed by atoms with van der Waals surface area (Å²) in [5.74, 6) is -0.749. The third kappa shape index (κ3) is 2.88. The van der Waals surface area contributed by atoms with E-state index in [2.05, 4.69) is 15.9 Å². The van der Waals surface area contributed by atoms with Crippen LogP contribution in [-0.2, 0) is 0 Å². The molecule has 2 rings (SSSR count). The lowest BCUT2D eigenvalue weighted by atomic mass is 9.99. The van der Waals surface area contributed by atoms with E-state index in [0.29, 0.717) is 5.56 Å². The van der Waals surface area contributed by atoms with Gasteiger partial charge >= 0.3 is 0 Å². The number of carbonyl (C=O) groups is 1. The van der Waals surface area contributed by atoms with Crippen molar-refractivity contribution in [2.75, 3.05) is 0 Å². The fourth-order valence-corrected chi connectivity index (χ4v) is 2.34. The van der Waals surface area contributed by atoms with E-state index in [1.165, 1.54) is 12.1 Å². The summed E-state index contributed by atoms with van der Waals surface area (Å²) in [6, 6.07) is 7.32. The minimum Gasteiger partial charge on any atom is -0.289 e. The van der Waals surface area contributed by atoms with Crippen molar-refractivity contribution in [1.29, 1.82) is 0 Å². The highest BCUT2D eigenvalue weighted by Crippen LogP contribution is 2.26. The van der Waals surface area contributed by atoms with Crippen molar-refractivity contribution >= 4 is 33.3 Å². The molecule has 4 heteroatoms. The van der Waals surface area contributed by atoms with Crippen LogP contribution in [0.1, 0.15) is 27.0 Å². The summed E-state index contributed by atoms with van der Waals surface area (Å²) in [6.45, 7) is 3.81. The average molecular weight is 342 g/mol. The van der Waals surface area contributed by atoms with Gasteiger partial charge in [-0.15, -0.1) is 0 Å². The van der Waals surface area contributed by atoms with Crippen LogP contribution in [-0.4, -0.2) is 5.78 Å². The number of rotatable bonds is 2. The third-order valence-corrected chi connectivity index (χ3v) is 4.45. The van der Waals surface area contributed by atoms with Crippen molar-refractivity contribution in [2.45, 2.75) is 13.8 Å².